The molecule has 0 aromatic heterocycles. The van der Waals surface area contributed by atoms with E-state index in [0.29, 0.717) is 27.3 Å². The summed E-state index contributed by atoms with van der Waals surface area (Å²) >= 11 is 5.89. The van der Waals surface area contributed by atoms with Crippen molar-refractivity contribution in [2.75, 3.05) is 7.11 Å². The molecule has 1 aliphatic heterocycles. The number of carbonyl (C=O) groups is 2. The molecule has 4 nitrogen and oxygen atoms in total. The van der Waals surface area contributed by atoms with Gasteiger partial charge >= 0.3 is 0 Å². The second-order valence-electron chi connectivity index (χ2n) is 4.71. The zero-order valence-corrected chi connectivity index (χ0v) is 12.5. The minimum absolute atomic E-state index is 0.315. The lowest BCUT2D eigenvalue weighted by molar-refractivity contribution is -0.176. The van der Waals surface area contributed by atoms with Crippen molar-refractivity contribution in [3.63, 3.8) is 0 Å². The molecule has 0 atom stereocenters. The van der Waals surface area contributed by atoms with Crippen molar-refractivity contribution in [3.8, 4) is 0 Å². The average molecular weight is 314 g/mol. The van der Waals surface area contributed by atoms with Crippen molar-refractivity contribution in [2.24, 2.45) is 0 Å². The van der Waals surface area contributed by atoms with E-state index in [-0.39, 0.29) is 0 Å². The minimum Gasteiger partial charge on any atom is -0.266 e. The van der Waals surface area contributed by atoms with E-state index >= 15 is 0 Å². The zero-order chi connectivity index (χ0) is 15.7. The molecule has 110 valence electrons. The largest absolute Gasteiger partial charge is 0.286 e. The Morgan fingerprint density at radius 1 is 0.818 bits per heavy atom. The Bertz CT molecular complexity index is 766. The van der Waals surface area contributed by atoms with Gasteiger partial charge in [-0.2, -0.15) is 0 Å². The number of hydrogen-bond donors (Lipinski definition) is 0. The standard InChI is InChI=1S/C17H12ClNO3/c1-22-19-16(20)14(11-5-3-2-4-6-11)15(17(19)21)12-7-9-13(18)10-8-12/h2-10H,1H3. The second-order valence-corrected chi connectivity index (χ2v) is 5.15. The molecular formula is C17H12ClNO3. The molecule has 22 heavy (non-hydrogen) atoms. The molecule has 0 spiro atoms. The summed E-state index contributed by atoms with van der Waals surface area (Å²) in [5.41, 5.74) is 1.94. The number of rotatable bonds is 3. The third-order valence-corrected chi connectivity index (χ3v) is 3.68. The van der Waals surface area contributed by atoms with E-state index in [4.69, 9.17) is 16.4 Å². The first-order valence-electron chi connectivity index (χ1n) is 6.62. The molecule has 0 bridgehead atoms. The van der Waals surface area contributed by atoms with E-state index in [1.165, 1.54) is 7.11 Å². The zero-order valence-electron chi connectivity index (χ0n) is 11.7. The Morgan fingerprint density at radius 3 is 1.82 bits per heavy atom. The third kappa shape index (κ3) is 2.32. The fourth-order valence-corrected chi connectivity index (χ4v) is 2.56. The Hall–Kier alpha value is -2.43. The summed E-state index contributed by atoms with van der Waals surface area (Å²) in [6.45, 7) is 0. The van der Waals surface area contributed by atoms with E-state index in [0.717, 1.165) is 5.06 Å². The van der Waals surface area contributed by atoms with Crippen LogP contribution in [0.2, 0.25) is 5.02 Å². The maximum atomic E-state index is 12.5. The van der Waals surface area contributed by atoms with Crippen molar-refractivity contribution in [1.29, 1.82) is 0 Å². The lowest BCUT2D eigenvalue weighted by Gasteiger charge is -2.10. The Morgan fingerprint density at radius 2 is 1.32 bits per heavy atom. The number of amides is 2. The molecule has 0 radical (unpaired) electrons. The summed E-state index contributed by atoms with van der Waals surface area (Å²) in [7, 11) is 1.29. The van der Waals surface area contributed by atoms with Gasteiger partial charge in [0.25, 0.3) is 11.8 Å². The third-order valence-electron chi connectivity index (χ3n) is 3.42. The summed E-state index contributed by atoms with van der Waals surface area (Å²) in [4.78, 5) is 29.9. The number of benzene rings is 2. The van der Waals surface area contributed by atoms with Gasteiger partial charge in [-0.05, 0) is 23.3 Å². The molecule has 0 N–H and O–H groups in total. The first kappa shape index (κ1) is 14.5. The highest BCUT2D eigenvalue weighted by Crippen LogP contribution is 2.35. The van der Waals surface area contributed by atoms with Gasteiger partial charge in [0, 0.05) is 5.02 Å². The summed E-state index contributed by atoms with van der Waals surface area (Å²) < 4.78 is 0. The molecule has 0 saturated carbocycles. The topological polar surface area (TPSA) is 46.6 Å². The molecular weight excluding hydrogens is 302 g/mol. The number of nitrogens with zero attached hydrogens (tertiary/aromatic N) is 1. The monoisotopic (exact) mass is 313 g/mol. The van der Waals surface area contributed by atoms with E-state index in [2.05, 4.69) is 0 Å². The Kier molecular flexibility index (Phi) is 3.79. The van der Waals surface area contributed by atoms with Gasteiger partial charge in [0.15, 0.2) is 0 Å². The van der Waals surface area contributed by atoms with Crippen LogP contribution in [0.1, 0.15) is 11.1 Å². The molecule has 0 unspecified atom stereocenters. The van der Waals surface area contributed by atoms with Gasteiger partial charge in [-0.3, -0.25) is 14.4 Å². The lowest BCUT2D eigenvalue weighted by atomic mass is 9.96. The van der Waals surface area contributed by atoms with Crippen molar-refractivity contribution >= 4 is 34.6 Å². The summed E-state index contributed by atoms with van der Waals surface area (Å²) in [6.07, 6.45) is 0. The summed E-state index contributed by atoms with van der Waals surface area (Å²) in [6, 6.07) is 15.8. The fourth-order valence-electron chi connectivity index (χ4n) is 2.43. The van der Waals surface area contributed by atoms with Crippen molar-refractivity contribution < 1.29 is 14.4 Å². The highest BCUT2D eigenvalue weighted by atomic mass is 35.5. The predicted molar refractivity (Wildman–Crippen MR) is 83.6 cm³/mol. The number of carbonyl (C=O) groups excluding carboxylic acids is 2. The van der Waals surface area contributed by atoms with Crippen LogP contribution in [0.5, 0.6) is 0 Å². The van der Waals surface area contributed by atoms with Gasteiger partial charge in [-0.1, -0.05) is 54.1 Å². The van der Waals surface area contributed by atoms with E-state index in [9.17, 15) is 9.59 Å². The Balaban J connectivity index is 2.23. The van der Waals surface area contributed by atoms with E-state index in [1.54, 1.807) is 36.4 Å². The van der Waals surface area contributed by atoms with Gasteiger partial charge < -0.3 is 0 Å². The van der Waals surface area contributed by atoms with Crippen LogP contribution in [-0.4, -0.2) is 24.0 Å². The SMILES string of the molecule is CON1C(=O)C(c2ccccc2)=C(c2ccc(Cl)cc2)C1=O. The molecule has 1 aliphatic rings. The lowest BCUT2D eigenvalue weighted by Crippen LogP contribution is -2.30. The van der Waals surface area contributed by atoms with Crippen LogP contribution in [0.15, 0.2) is 54.6 Å². The Labute approximate surface area is 132 Å². The first-order chi connectivity index (χ1) is 10.6. The molecule has 1 heterocycles. The number of imide groups is 1. The van der Waals surface area contributed by atoms with Gasteiger partial charge in [0.2, 0.25) is 0 Å². The molecule has 2 amide bonds. The number of hydrogen-bond acceptors (Lipinski definition) is 3. The van der Waals surface area contributed by atoms with Crippen molar-refractivity contribution in [3.05, 3.63) is 70.7 Å². The molecule has 2 aromatic rings. The molecule has 2 aromatic carbocycles. The maximum Gasteiger partial charge on any atom is 0.286 e. The highest BCUT2D eigenvalue weighted by molar-refractivity contribution is 6.48. The second kappa shape index (κ2) is 5.75. The predicted octanol–water partition coefficient (Wildman–Crippen LogP) is 3.18. The van der Waals surface area contributed by atoms with Gasteiger partial charge in [-0.15, -0.1) is 5.06 Å². The number of halogens is 1. The van der Waals surface area contributed by atoms with Crippen LogP contribution in [0.4, 0.5) is 0 Å². The normalized spacial score (nSPS) is 14.9. The van der Waals surface area contributed by atoms with Gasteiger partial charge in [0.1, 0.15) is 0 Å². The van der Waals surface area contributed by atoms with Gasteiger partial charge in [0.05, 0.1) is 18.3 Å². The quantitative estimate of drug-likeness (QED) is 0.818. The molecule has 0 aliphatic carbocycles. The maximum absolute atomic E-state index is 12.5. The highest BCUT2D eigenvalue weighted by Gasteiger charge is 2.40. The molecule has 0 saturated heterocycles. The minimum atomic E-state index is -0.478. The van der Waals surface area contributed by atoms with Crippen LogP contribution >= 0.6 is 11.6 Å². The van der Waals surface area contributed by atoms with Crippen LogP contribution < -0.4 is 0 Å². The summed E-state index contributed by atoms with van der Waals surface area (Å²) in [5, 5.41) is 1.33. The van der Waals surface area contributed by atoms with Crippen molar-refractivity contribution in [1.82, 2.24) is 5.06 Å². The molecule has 5 heteroatoms. The first-order valence-corrected chi connectivity index (χ1v) is 7.00. The average Bonchev–Trinajstić information content (AvgIpc) is 2.79. The fraction of sp³-hybridized carbons (Fsp3) is 0.0588. The van der Waals surface area contributed by atoms with Crippen LogP contribution in [-0.2, 0) is 14.4 Å². The van der Waals surface area contributed by atoms with Crippen molar-refractivity contribution in [2.45, 2.75) is 0 Å². The van der Waals surface area contributed by atoms with E-state index < -0.39 is 11.8 Å². The summed E-state index contributed by atoms with van der Waals surface area (Å²) in [5.74, 6) is -0.947. The number of hydroxylamine groups is 2. The van der Waals surface area contributed by atoms with Crippen LogP contribution in [0, 0.1) is 0 Å². The van der Waals surface area contributed by atoms with Crippen LogP contribution in [0.25, 0.3) is 11.1 Å². The van der Waals surface area contributed by atoms with Gasteiger partial charge in [-0.25, -0.2) is 0 Å². The molecule has 3 rings (SSSR count). The van der Waals surface area contributed by atoms with Crippen LogP contribution in [0.3, 0.4) is 0 Å². The van der Waals surface area contributed by atoms with E-state index in [1.807, 2.05) is 18.2 Å². The molecule has 0 fully saturated rings. The smallest absolute Gasteiger partial charge is 0.266 e.